The number of hydrogen-bond acceptors (Lipinski definition) is 7. The summed E-state index contributed by atoms with van der Waals surface area (Å²) in [4.78, 5) is 21.1. The number of aromatic nitrogens is 2. The first-order chi connectivity index (χ1) is 11.8. The summed E-state index contributed by atoms with van der Waals surface area (Å²) < 4.78 is 23.3. The molecular formula is C16H18N4O4S. The second kappa shape index (κ2) is 6.67. The predicted molar refractivity (Wildman–Crippen MR) is 94.2 cm³/mol. The largest absolute Gasteiger partial charge is 0.478 e. The zero-order valence-corrected chi connectivity index (χ0v) is 14.4. The average molecular weight is 362 g/mol. The van der Waals surface area contributed by atoms with Gasteiger partial charge in [0.05, 0.1) is 17.1 Å². The summed E-state index contributed by atoms with van der Waals surface area (Å²) in [6.07, 6.45) is 1.99. The van der Waals surface area contributed by atoms with Gasteiger partial charge in [-0.2, -0.15) is 0 Å². The summed E-state index contributed by atoms with van der Waals surface area (Å²) in [7, 11) is -1.15. The number of benzene rings is 1. The van der Waals surface area contributed by atoms with Crippen molar-refractivity contribution in [2.24, 2.45) is 0 Å². The molecule has 0 bridgehead atoms. The number of sulfone groups is 1. The molecule has 25 heavy (non-hydrogen) atoms. The van der Waals surface area contributed by atoms with Crippen LogP contribution < -0.4 is 10.2 Å². The van der Waals surface area contributed by atoms with E-state index in [1.54, 1.807) is 18.2 Å². The molecule has 2 heterocycles. The van der Waals surface area contributed by atoms with E-state index in [1.807, 2.05) is 11.9 Å². The fourth-order valence-electron chi connectivity index (χ4n) is 2.72. The number of rotatable bonds is 5. The van der Waals surface area contributed by atoms with Gasteiger partial charge in [0.25, 0.3) is 0 Å². The Morgan fingerprint density at radius 3 is 2.60 bits per heavy atom. The molecule has 1 saturated heterocycles. The maximum Gasteiger partial charge on any atom is 0.335 e. The van der Waals surface area contributed by atoms with Gasteiger partial charge in [0.15, 0.2) is 9.84 Å². The topological polar surface area (TPSA) is 112 Å². The molecule has 1 aromatic heterocycles. The molecule has 9 heteroatoms. The summed E-state index contributed by atoms with van der Waals surface area (Å²) >= 11 is 0. The van der Waals surface area contributed by atoms with E-state index >= 15 is 0 Å². The molecule has 1 fully saturated rings. The van der Waals surface area contributed by atoms with Crippen LogP contribution in [0.5, 0.6) is 0 Å². The van der Waals surface area contributed by atoms with Gasteiger partial charge in [0.1, 0.15) is 18.0 Å². The molecule has 132 valence electrons. The highest BCUT2D eigenvalue weighted by molar-refractivity contribution is 7.91. The van der Waals surface area contributed by atoms with E-state index in [9.17, 15) is 13.2 Å². The SMILES string of the molecule is CN(c1cc(Nc2ccc(C(=O)O)cc2)ncn1)C1CCS(=O)(=O)C1. The van der Waals surface area contributed by atoms with Crippen LogP contribution in [0.4, 0.5) is 17.3 Å². The molecule has 1 atom stereocenters. The molecule has 0 spiro atoms. The third kappa shape index (κ3) is 4.05. The minimum atomic E-state index is -2.97. The Hall–Kier alpha value is -2.68. The van der Waals surface area contributed by atoms with E-state index < -0.39 is 15.8 Å². The second-order valence-corrected chi connectivity index (χ2v) is 8.17. The molecule has 8 nitrogen and oxygen atoms in total. The maximum atomic E-state index is 11.6. The normalized spacial score (nSPS) is 18.7. The lowest BCUT2D eigenvalue weighted by molar-refractivity contribution is 0.0697. The highest BCUT2D eigenvalue weighted by Crippen LogP contribution is 2.23. The Morgan fingerprint density at radius 1 is 1.28 bits per heavy atom. The Labute approximate surface area is 145 Å². The third-order valence-corrected chi connectivity index (χ3v) is 5.92. The Morgan fingerprint density at radius 2 is 2.00 bits per heavy atom. The van der Waals surface area contributed by atoms with Crippen LogP contribution in [0.1, 0.15) is 16.8 Å². The van der Waals surface area contributed by atoms with Gasteiger partial charge in [-0.05, 0) is 30.7 Å². The van der Waals surface area contributed by atoms with Gasteiger partial charge in [-0.15, -0.1) is 0 Å². The molecule has 3 rings (SSSR count). The highest BCUT2D eigenvalue weighted by atomic mass is 32.2. The number of carboxylic acid groups (broad SMARTS) is 1. The minimum absolute atomic E-state index is 0.0948. The van der Waals surface area contributed by atoms with E-state index in [0.717, 1.165) is 0 Å². The van der Waals surface area contributed by atoms with Crippen molar-refractivity contribution >= 4 is 33.1 Å². The van der Waals surface area contributed by atoms with E-state index in [-0.39, 0.29) is 23.1 Å². The Balaban J connectivity index is 1.74. The van der Waals surface area contributed by atoms with Crippen LogP contribution in [0.15, 0.2) is 36.7 Å². The molecule has 1 aromatic carbocycles. The summed E-state index contributed by atoms with van der Waals surface area (Å²) in [6.45, 7) is 0. The number of nitrogens with one attached hydrogen (secondary N) is 1. The van der Waals surface area contributed by atoms with Crippen molar-refractivity contribution in [2.75, 3.05) is 28.8 Å². The summed E-state index contributed by atoms with van der Waals surface area (Å²) in [5, 5.41) is 12.0. The monoisotopic (exact) mass is 362 g/mol. The first-order valence-electron chi connectivity index (χ1n) is 7.70. The number of aromatic carboxylic acids is 1. The zero-order valence-electron chi connectivity index (χ0n) is 13.6. The van der Waals surface area contributed by atoms with Crippen molar-refractivity contribution in [1.82, 2.24) is 9.97 Å². The van der Waals surface area contributed by atoms with E-state index in [2.05, 4.69) is 15.3 Å². The second-order valence-electron chi connectivity index (χ2n) is 5.94. The van der Waals surface area contributed by atoms with Crippen molar-refractivity contribution < 1.29 is 18.3 Å². The maximum absolute atomic E-state index is 11.6. The zero-order chi connectivity index (χ0) is 18.0. The van der Waals surface area contributed by atoms with Crippen molar-refractivity contribution in [3.8, 4) is 0 Å². The summed E-state index contributed by atoms with van der Waals surface area (Å²) in [6, 6.07) is 7.94. The highest BCUT2D eigenvalue weighted by Gasteiger charge is 2.31. The van der Waals surface area contributed by atoms with E-state index in [0.29, 0.717) is 23.7 Å². The van der Waals surface area contributed by atoms with Gasteiger partial charge in [-0.1, -0.05) is 0 Å². The van der Waals surface area contributed by atoms with Crippen LogP contribution in [0, 0.1) is 0 Å². The number of carboxylic acids is 1. The molecule has 0 radical (unpaired) electrons. The molecule has 0 saturated carbocycles. The Bertz CT molecular complexity index is 883. The first-order valence-corrected chi connectivity index (χ1v) is 9.52. The first kappa shape index (κ1) is 17.2. The van der Waals surface area contributed by atoms with Crippen LogP contribution in [0.2, 0.25) is 0 Å². The van der Waals surface area contributed by atoms with E-state index in [1.165, 1.54) is 18.5 Å². The minimum Gasteiger partial charge on any atom is -0.478 e. The smallest absolute Gasteiger partial charge is 0.335 e. The molecule has 1 aliphatic heterocycles. The third-order valence-electron chi connectivity index (χ3n) is 4.17. The van der Waals surface area contributed by atoms with Crippen LogP contribution in [-0.4, -0.2) is 54.1 Å². The lowest BCUT2D eigenvalue weighted by atomic mass is 10.2. The lowest BCUT2D eigenvalue weighted by Crippen LogP contribution is -2.33. The van der Waals surface area contributed by atoms with Gasteiger partial charge in [0, 0.05) is 24.8 Å². The van der Waals surface area contributed by atoms with Crippen LogP contribution in [-0.2, 0) is 9.84 Å². The standard InChI is InChI=1S/C16H18N4O4S/c1-20(13-6-7-25(23,24)9-13)15-8-14(17-10-18-15)19-12-4-2-11(3-5-12)16(21)22/h2-5,8,10,13H,6-7,9H2,1H3,(H,21,22)(H,17,18,19). The molecule has 0 amide bonds. The molecule has 2 N–H and O–H groups in total. The van der Waals surface area contributed by atoms with Gasteiger partial charge < -0.3 is 15.3 Å². The van der Waals surface area contributed by atoms with Crippen LogP contribution in [0.25, 0.3) is 0 Å². The quantitative estimate of drug-likeness (QED) is 0.824. The van der Waals surface area contributed by atoms with Crippen molar-refractivity contribution in [2.45, 2.75) is 12.5 Å². The summed E-state index contributed by atoms with van der Waals surface area (Å²) in [5.41, 5.74) is 0.900. The van der Waals surface area contributed by atoms with Crippen LogP contribution >= 0.6 is 0 Å². The van der Waals surface area contributed by atoms with Crippen LogP contribution in [0.3, 0.4) is 0 Å². The number of carbonyl (C=O) groups is 1. The number of hydrogen-bond donors (Lipinski definition) is 2. The molecule has 1 aliphatic rings. The molecule has 2 aromatic rings. The summed E-state index contributed by atoms with van der Waals surface area (Å²) in [5.74, 6) is 0.521. The predicted octanol–water partition coefficient (Wildman–Crippen LogP) is 1.54. The Kier molecular flexibility index (Phi) is 4.58. The fourth-order valence-corrected chi connectivity index (χ4v) is 4.49. The fraction of sp³-hybridized carbons (Fsp3) is 0.312. The molecular weight excluding hydrogens is 344 g/mol. The van der Waals surface area contributed by atoms with Crippen molar-refractivity contribution in [3.05, 3.63) is 42.2 Å². The lowest BCUT2D eigenvalue weighted by Gasteiger charge is -2.24. The van der Waals surface area contributed by atoms with Gasteiger partial charge in [0.2, 0.25) is 0 Å². The number of nitrogens with zero attached hydrogens (tertiary/aromatic N) is 3. The van der Waals surface area contributed by atoms with Gasteiger partial charge >= 0.3 is 5.97 Å². The van der Waals surface area contributed by atoms with Crippen molar-refractivity contribution in [3.63, 3.8) is 0 Å². The van der Waals surface area contributed by atoms with Gasteiger partial charge in [-0.25, -0.2) is 23.2 Å². The number of anilines is 3. The molecule has 1 unspecified atom stereocenters. The average Bonchev–Trinajstić information content (AvgIpc) is 2.95. The molecule has 0 aliphatic carbocycles. The van der Waals surface area contributed by atoms with E-state index in [4.69, 9.17) is 5.11 Å². The van der Waals surface area contributed by atoms with Gasteiger partial charge in [-0.3, -0.25) is 0 Å². The van der Waals surface area contributed by atoms with Crippen molar-refractivity contribution in [1.29, 1.82) is 0 Å².